The van der Waals surface area contributed by atoms with Crippen molar-refractivity contribution in [2.45, 2.75) is 38.2 Å². The molecule has 0 unspecified atom stereocenters. The topological polar surface area (TPSA) is 61.0 Å². The molecule has 4 nitrogen and oxygen atoms in total. The molecule has 0 spiro atoms. The molecule has 0 aliphatic rings. The van der Waals surface area contributed by atoms with E-state index in [0.29, 0.717) is 6.54 Å². The number of aromatic nitrogens is 2. The third-order valence-electron chi connectivity index (χ3n) is 3.55. The van der Waals surface area contributed by atoms with Crippen LogP contribution in [0.15, 0.2) is 23.4 Å². The molecule has 0 fully saturated rings. The first-order chi connectivity index (χ1) is 10.0. The van der Waals surface area contributed by atoms with Crippen LogP contribution >= 0.6 is 11.8 Å². The van der Waals surface area contributed by atoms with Crippen molar-refractivity contribution in [3.05, 3.63) is 46.3 Å². The van der Waals surface area contributed by atoms with E-state index in [0.717, 1.165) is 44.7 Å². The molecule has 0 aliphatic carbocycles. The highest BCUT2D eigenvalue weighted by Crippen LogP contribution is 2.27. The van der Waals surface area contributed by atoms with E-state index in [1.165, 1.54) is 0 Å². The predicted octanol–water partition coefficient (Wildman–Crippen LogP) is 3.16. The molecule has 2 aromatic rings. The number of methoxy groups -OCH3 is 1. The Labute approximate surface area is 130 Å². The summed E-state index contributed by atoms with van der Waals surface area (Å²) < 4.78 is 5.40. The summed E-state index contributed by atoms with van der Waals surface area (Å²) in [7, 11) is 1.68. The van der Waals surface area contributed by atoms with E-state index in [-0.39, 0.29) is 0 Å². The van der Waals surface area contributed by atoms with Crippen LogP contribution in [-0.4, -0.2) is 17.1 Å². The molecular formula is C16H21N3OS. The first kappa shape index (κ1) is 15.8. The number of thioether (sulfide) groups is 1. The van der Waals surface area contributed by atoms with Crippen LogP contribution in [0.4, 0.5) is 0 Å². The third kappa shape index (κ3) is 3.74. The van der Waals surface area contributed by atoms with Gasteiger partial charge in [0.15, 0.2) is 5.16 Å². The molecule has 1 aromatic carbocycles. The second-order valence-electron chi connectivity index (χ2n) is 4.94. The highest BCUT2D eigenvalue weighted by atomic mass is 32.2. The lowest BCUT2D eigenvalue weighted by Crippen LogP contribution is -2.00. The van der Waals surface area contributed by atoms with E-state index < -0.39 is 0 Å². The molecule has 0 saturated carbocycles. The number of hydrogen-bond donors (Lipinski definition) is 1. The van der Waals surface area contributed by atoms with E-state index in [1.807, 2.05) is 32.9 Å². The zero-order chi connectivity index (χ0) is 15.4. The van der Waals surface area contributed by atoms with Gasteiger partial charge in [0.1, 0.15) is 5.75 Å². The van der Waals surface area contributed by atoms with E-state index in [2.05, 4.69) is 16.0 Å². The van der Waals surface area contributed by atoms with Crippen LogP contribution < -0.4 is 10.5 Å². The van der Waals surface area contributed by atoms with Gasteiger partial charge >= 0.3 is 0 Å². The van der Waals surface area contributed by atoms with Crippen LogP contribution in [-0.2, 0) is 12.3 Å². The van der Waals surface area contributed by atoms with Gasteiger partial charge in [-0.2, -0.15) is 0 Å². The lowest BCUT2D eigenvalue weighted by atomic mass is 10.1. The summed E-state index contributed by atoms with van der Waals surface area (Å²) in [4.78, 5) is 9.07. The molecule has 2 rings (SSSR count). The van der Waals surface area contributed by atoms with E-state index in [9.17, 15) is 0 Å². The maximum absolute atomic E-state index is 5.70. The SMILES string of the molecule is COc1ccc(CN)cc1CSc1nc(C)c(C)c(C)n1. The summed E-state index contributed by atoms with van der Waals surface area (Å²) in [6.45, 7) is 6.61. The van der Waals surface area contributed by atoms with Gasteiger partial charge in [0.25, 0.3) is 0 Å². The minimum absolute atomic E-state index is 0.529. The van der Waals surface area contributed by atoms with E-state index in [4.69, 9.17) is 10.5 Å². The Morgan fingerprint density at radius 3 is 2.38 bits per heavy atom. The molecular weight excluding hydrogens is 282 g/mol. The molecule has 2 N–H and O–H groups in total. The van der Waals surface area contributed by atoms with Gasteiger partial charge in [-0.15, -0.1) is 0 Å². The summed E-state index contributed by atoms with van der Waals surface area (Å²) in [6, 6.07) is 6.04. The summed E-state index contributed by atoms with van der Waals surface area (Å²) in [6.07, 6.45) is 0. The molecule has 0 amide bonds. The molecule has 0 saturated heterocycles. The number of rotatable bonds is 5. The standard InChI is InChI=1S/C16H21N3OS/c1-10-11(2)18-16(19-12(10)3)21-9-14-7-13(8-17)5-6-15(14)20-4/h5-7H,8-9,17H2,1-4H3. The number of nitrogens with two attached hydrogens (primary N) is 1. The number of nitrogens with zero attached hydrogens (tertiary/aromatic N) is 2. The summed E-state index contributed by atoms with van der Waals surface area (Å²) in [5.74, 6) is 1.64. The van der Waals surface area contributed by atoms with Gasteiger partial charge < -0.3 is 10.5 Å². The fourth-order valence-electron chi connectivity index (χ4n) is 2.02. The van der Waals surface area contributed by atoms with Gasteiger partial charge in [0, 0.05) is 29.2 Å². The second kappa shape index (κ2) is 6.91. The van der Waals surface area contributed by atoms with Crippen LogP contribution in [0.2, 0.25) is 0 Å². The van der Waals surface area contributed by atoms with Crippen molar-refractivity contribution in [3.63, 3.8) is 0 Å². The molecule has 1 heterocycles. The van der Waals surface area contributed by atoms with E-state index >= 15 is 0 Å². The van der Waals surface area contributed by atoms with Crippen LogP contribution in [0.5, 0.6) is 5.75 Å². The van der Waals surface area contributed by atoms with Crippen molar-refractivity contribution in [3.8, 4) is 5.75 Å². The van der Waals surface area contributed by atoms with Gasteiger partial charge in [-0.05, 0) is 44.0 Å². The summed E-state index contributed by atoms with van der Waals surface area (Å²) in [5, 5.41) is 0.802. The minimum Gasteiger partial charge on any atom is -0.496 e. The van der Waals surface area contributed by atoms with Crippen molar-refractivity contribution in [2.75, 3.05) is 7.11 Å². The Hall–Kier alpha value is -1.59. The van der Waals surface area contributed by atoms with Gasteiger partial charge in [-0.3, -0.25) is 0 Å². The maximum atomic E-state index is 5.70. The maximum Gasteiger partial charge on any atom is 0.188 e. The highest BCUT2D eigenvalue weighted by molar-refractivity contribution is 7.98. The first-order valence-corrected chi connectivity index (χ1v) is 7.84. The van der Waals surface area contributed by atoms with Crippen molar-refractivity contribution in [1.29, 1.82) is 0 Å². The Kier molecular flexibility index (Phi) is 5.20. The monoisotopic (exact) mass is 303 g/mol. The highest BCUT2D eigenvalue weighted by Gasteiger charge is 2.09. The fourth-order valence-corrected chi connectivity index (χ4v) is 2.93. The molecule has 21 heavy (non-hydrogen) atoms. The summed E-state index contributed by atoms with van der Waals surface area (Å²) >= 11 is 1.62. The van der Waals surface area contributed by atoms with Gasteiger partial charge in [0.2, 0.25) is 0 Å². The molecule has 0 atom stereocenters. The fraction of sp³-hybridized carbons (Fsp3) is 0.375. The average Bonchev–Trinajstić information content (AvgIpc) is 2.50. The van der Waals surface area contributed by atoms with Crippen LogP contribution in [0.25, 0.3) is 0 Å². The third-order valence-corrected chi connectivity index (χ3v) is 4.45. The Balaban J connectivity index is 2.19. The zero-order valence-corrected chi connectivity index (χ0v) is 13.8. The van der Waals surface area contributed by atoms with Gasteiger partial charge in [-0.1, -0.05) is 17.8 Å². The average molecular weight is 303 g/mol. The Bertz CT molecular complexity index is 620. The van der Waals surface area contributed by atoms with Crippen LogP contribution in [0.1, 0.15) is 28.1 Å². The molecule has 0 aliphatic heterocycles. The molecule has 0 bridgehead atoms. The Morgan fingerprint density at radius 2 is 1.81 bits per heavy atom. The number of hydrogen-bond acceptors (Lipinski definition) is 5. The molecule has 112 valence electrons. The lowest BCUT2D eigenvalue weighted by molar-refractivity contribution is 0.411. The van der Waals surface area contributed by atoms with Gasteiger partial charge in [0.05, 0.1) is 7.11 Å². The molecule has 1 aromatic heterocycles. The number of benzene rings is 1. The van der Waals surface area contributed by atoms with Gasteiger partial charge in [-0.25, -0.2) is 9.97 Å². The van der Waals surface area contributed by atoms with Crippen molar-refractivity contribution in [1.82, 2.24) is 9.97 Å². The molecule has 5 heteroatoms. The number of aryl methyl sites for hydroxylation is 2. The zero-order valence-electron chi connectivity index (χ0n) is 12.9. The Morgan fingerprint density at radius 1 is 1.14 bits per heavy atom. The smallest absolute Gasteiger partial charge is 0.188 e. The summed E-state index contributed by atoms with van der Waals surface area (Å²) in [5.41, 5.74) is 11.1. The van der Waals surface area contributed by atoms with Crippen LogP contribution in [0.3, 0.4) is 0 Å². The van der Waals surface area contributed by atoms with E-state index in [1.54, 1.807) is 18.9 Å². The predicted molar refractivity (Wildman–Crippen MR) is 86.7 cm³/mol. The largest absolute Gasteiger partial charge is 0.496 e. The first-order valence-electron chi connectivity index (χ1n) is 6.85. The number of ether oxygens (including phenoxy) is 1. The van der Waals surface area contributed by atoms with Crippen molar-refractivity contribution in [2.24, 2.45) is 5.73 Å². The quantitative estimate of drug-likeness (QED) is 0.679. The lowest BCUT2D eigenvalue weighted by Gasteiger charge is -2.10. The van der Waals surface area contributed by atoms with Crippen LogP contribution in [0, 0.1) is 20.8 Å². The minimum atomic E-state index is 0.529. The van der Waals surface area contributed by atoms with Crippen molar-refractivity contribution >= 4 is 11.8 Å². The van der Waals surface area contributed by atoms with Crippen molar-refractivity contribution < 1.29 is 4.74 Å². The normalized spacial score (nSPS) is 10.7. The second-order valence-corrected chi connectivity index (χ2v) is 5.88. The molecule has 0 radical (unpaired) electrons.